The molecule has 1 heterocycles. The third kappa shape index (κ3) is 1.95. The lowest BCUT2D eigenvalue weighted by atomic mass is 10.2. The van der Waals surface area contributed by atoms with Gasteiger partial charge in [-0.2, -0.15) is 0 Å². The smallest absolute Gasteiger partial charge is 0.308 e. The van der Waals surface area contributed by atoms with Crippen LogP contribution in [-0.2, 0) is 11.2 Å². The maximum absolute atomic E-state index is 11.1. The Hall–Kier alpha value is -1.58. The minimum absolute atomic E-state index is 0.227. The van der Waals surface area contributed by atoms with Gasteiger partial charge in [0, 0.05) is 23.5 Å². The second kappa shape index (κ2) is 3.21. The SMILES string of the molecule is Cc1cc(=O)c(CC(=O)O)c[nH]1. The molecule has 0 saturated heterocycles. The number of aliphatic carboxylic acids is 1. The zero-order valence-electron chi connectivity index (χ0n) is 6.63. The van der Waals surface area contributed by atoms with Crippen LogP contribution in [0.5, 0.6) is 0 Å². The molecule has 0 radical (unpaired) electrons. The number of hydrogen-bond donors (Lipinski definition) is 2. The van der Waals surface area contributed by atoms with Crippen LogP contribution in [0.2, 0.25) is 0 Å². The lowest BCUT2D eigenvalue weighted by Gasteiger charge is -1.96. The van der Waals surface area contributed by atoms with E-state index in [1.54, 1.807) is 6.92 Å². The van der Waals surface area contributed by atoms with Gasteiger partial charge < -0.3 is 10.1 Å². The van der Waals surface area contributed by atoms with Crippen molar-refractivity contribution in [2.45, 2.75) is 13.3 Å². The molecule has 12 heavy (non-hydrogen) atoms. The molecule has 4 nitrogen and oxygen atoms in total. The van der Waals surface area contributed by atoms with Crippen molar-refractivity contribution in [1.29, 1.82) is 0 Å². The van der Waals surface area contributed by atoms with Crippen LogP contribution in [0.1, 0.15) is 11.3 Å². The number of H-pyrrole nitrogens is 1. The molecule has 0 aromatic carbocycles. The first kappa shape index (κ1) is 8.52. The predicted octanol–water partition coefficient (Wildman–Crippen LogP) is 0.310. The molecule has 0 saturated carbocycles. The van der Waals surface area contributed by atoms with E-state index in [4.69, 9.17) is 5.11 Å². The quantitative estimate of drug-likeness (QED) is 0.666. The molecule has 2 N–H and O–H groups in total. The van der Waals surface area contributed by atoms with Crippen molar-refractivity contribution in [3.8, 4) is 0 Å². The third-order valence-corrected chi connectivity index (χ3v) is 1.48. The van der Waals surface area contributed by atoms with Gasteiger partial charge in [0.15, 0.2) is 5.43 Å². The van der Waals surface area contributed by atoms with Gasteiger partial charge in [-0.1, -0.05) is 0 Å². The Bertz CT molecular complexity index is 354. The second-order valence-electron chi connectivity index (χ2n) is 2.58. The average Bonchev–Trinajstić information content (AvgIpc) is 1.94. The molecule has 64 valence electrons. The van der Waals surface area contributed by atoms with E-state index in [0.29, 0.717) is 0 Å². The molecule has 0 spiro atoms. The first-order chi connectivity index (χ1) is 5.59. The van der Waals surface area contributed by atoms with Crippen molar-refractivity contribution in [3.63, 3.8) is 0 Å². The molecule has 0 aliphatic heterocycles. The van der Waals surface area contributed by atoms with E-state index in [1.165, 1.54) is 12.3 Å². The number of rotatable bonds is 2. The van der Waals surface area contributed by atoms with E-state index in [-0.39, 0.29) is 17.4 Å². The Labute approximate surface area is 68.9 Å². The van der Waals surface area contributed by atoms with Crippen LogP contribution in [0.25, 0.3) is 0 Å². The fourth-order valence-corrected chi connectivity index (χ4v) is 0.904. The number of aromatic amines is 1. The summed E-state index contributed by atoms with van der Waals surface area (Å²) in [6.45, 7) is 1.74. The normalized spacial score (nSPS) is 9.75. The lowest BCUT2D eigenvalue weighted by Crippen LogP contribution is -2.13. The molecular weight excluding hydrogens is 158 g/mol. The highest BCUT2D eigenvalue weighted by Gasteiger charge is 2.03. The number of carboxylic acids is 1. The summed E-state index contributed by atoms with van der Waals surface area (Å²) in [5.74, 6) is -0.996. The van der Waals surface area contributed by atoms with Gasteiger partial charge >= 0.3 is 5.97 Å². The number of carboxylic acid groups (broad SMARTS) is 1. The highest BCUT2D eigenvalue weighted by atomic mass is 16.4. The zero-order valence-corrected chi connectivity index (χ0v) is 6.63. The van der Waals surface area contributed by atoms with E-state index in [2.05, 4.69) is 4.98 Å². The number of pyridine rings is 1. The number of nitrogens with one attached hydrogen (secondary N) is 1. The molecule has 4 heteroatoms. The van der Waals surface area contributed by atoms with Gasteiger partial charge in [0.05, 0.1) is 6.42 Å². The maximum Gasteiger partial charge on any atom is 0.308 e. The van der Waals surface area contributed by atoms with Gasteiger partial charge in [-0.25, -0.2) is 0 Å². The highest BCUT2D eigenvalue weighted by Crippen LogP contribution is 1.92. The third-order valence-electron chi connectivity index (χ3n) is 1.48. The number of aromatic nitrogens is 1. The molecular formula is C8H9NO3. The fourth-order valence-electron chi connectivity index (χ4n) is 0.904. The minimum atomic E-state index is -0.996. The lowest BCUT2D eigenvalue weighted by molar-refractivity contribution is -0.136. The Morgan fingerprint density at radius 2 is 2.33 bits per heavy atom. The van der Waals surface area contributed by atoms with Crippen LogP contribution in [-0.4, -0.2) is 16.1 Å². The molecule has 1 rings (SSSR count). The van der Waals surface area contributed by atoms with Gasteiger partial charge in [0.2, 0.25) is 0 Å². The van der Waals surface area contributed by atoms with Crippen LogP contribution in [0.4, 0.5) is 0 Å². The van der Waals surface area contributed by atoms with Crippen molar-refractivity contribution >= 4 is 5.97 Å². The van der Waals surface area contributed by atoms with Crippen molar-refractivity contribution in [2.75, 3.05) is 0 Å². The molecule has 0 amide bonds. The Morgan fingerprint density at radius 1 is 1.67 bits per heavy atom. The summed E-state index contributed by atoms with van der Waals surface area (Å²) >= 11 is 0. The van der Waals surface area contributed by atoms with E-state index >= 15 is 0 Å². The number of hydrogen-bond acceptors (Lipinski definition) is 2. The van der Waals surface area contributed by atoms with Crippen molar-refractivity contribution in [2.24, 2.45) is 0 Å². The van der Waals surface area contributed by atoms with Gasteiger partial charge in [-0.15, -0.1) is 0 Å². The van der Waals surface area contributed by atoms with Gasteiger partial charge in [-0.3, -0.25) is 9.59 Å². The van der Waals surface area contributed by atoms with Crippen LogP contribution < -0.4 is 5.43 Å². The van der Waals surface area contributed by atoms with Crippen molar-refractivity contribution in [1.82, 2.24) is 4.98 Å². The van der Waals surface area contributed by atoms with Crippen molar-refractivity contribution < 1.29 is 9.90 Å². The monoisotopic (exact) mass is 167 g/mol. The van der Waals surface area contributed by atoms with Gasteiger partial charge in [0.25, 0.3) is 0 Å². The molecule has 0 unspecified atom stereocenters. The van der Waals surface area contributed by atoms with E-state index in [9.17, 15) is 9.59 Å². The molecule has 1 aromatic heterocycles. The molecule has 0 aliphatic rings. The topological polar surface area (TPSA) is 70.2 Å². The Morgan fingerprint density at radius 3 is 2.83 bits per heavy atom. The first-order valence-electron chi connectivity index (χ1n) is 3.49. The summed E-state index contributed by atoms with van der Waals surface area (Å²) in [5, 5.41) is 8.41. The Kier molecular flexibility index (Phi) is 2.28. The molecule has 0 bridgehead atoms. The van der Waals surface area contributed by atoms with Crippen LogP contribution >= 0.6 is 0 Å². The minimum Gasteiger partial charge on any atom is -0.481 e. The van der Waals surface area contributed by atoms with Crippen molar-refractivity contribution in [3.05, 3.63) is 33.7 Å². The van der Waals surface area contributed by atoms with E-state index in [1.807, 2.05) is 0 Å². The number of aryl methyl sites for hydroxylation is 1. The van der Waals surface area contributed by atoms with Gasteiger partial charge in [0.1, 0.15) is 0 Å². The fraction of sp³-hybridized carbons (Fsp3) is 0.250. The van der Waals surface area contributed by atoms with E-state index in [0.717, 1.165) is 5.69 Å². The zero-order chi connectivity index (χ0) is 9.14. The predicted molar refractivity (Wildman–Crippen MR) is 43.1 cm³/mol. The van der Waals surface area contributed by atoms with Gasteiger partial charge in [-0.05, 0) is 6.92 Å². The summed E-state index contributed by atoms with van der Waals surface area (Å²) in [6.07, 6.45) is 1.21. The Balaban J connectivity index is 3.02. The second-order valence-corrected chi connectivity index (χ2v) is 2.58. The molecule has 1 aromatic rings. The highest BCUT2D eigenvalue weighted by molar-refractivity contribution is 5.69. The van der Waals surface area contributed by atoms with Crippen LogP contribution in [0, 0.1) is 6.92 Å². The first-order valence-corrected chi connectivity index (χ1v) is 3.49. The summed E-state index contributed by atoms with van der Waals surface area (Å²) < 4.78 is 0. The largest absolute Gasteiger partial charge is 0.481 e. The average molecular weight is 167 g/mol. The molecule has 0 fully saturated rings. The standard InChI is InChI=1S/C8H9NO3/c1-5-2-7(10)6(4-9-5)3-8(11)12/h2,4H,3H2,1H3,(H,9,10)(H,11,12). The van der Waals surface area contributed by atoms with Crippen LogP contribution in [0.3, 0.4) is 0 Å². The number of carbonyl (C=O) groups is 1. The summed E-state index contributed by atoms with van der Waals surface area (Å²) in [5.41, 5.74) is 0.788. The summed E-state index contributed by atoms with van der Waals surface area (Å²) in [6, 6.07) is 1.39. The summed E-state index contributed by atoms with van der Waals surface area (Å²) in [4.78, 5) is 24.1. The summed E-state index contributed by atoms with van der Waals surface area (Å²) in [7, 11) is 0. The molecule has 0 aliphatic carbocycles. The maximum atomic E-state index is 11.1. The molecule has 0 atom stereocenters. The van der Waals surface area contributed by atoms with E-state index < -0.39 is 5.97 Å². The van der Waals surface area contributed by atoms with Crippen LogP contribution in [0.15, 0.2) is 17.1 Å².